The molecule has 0 N–H and O–H groups in total. The summed E-state index contributed by atoms with van der Waals surface area (Å²) in [5.74, 6) is 1.25. The molecule has 180 valence electrons. The summed E-state index contributed by atoms with van der Waals surface area (Å²) in [6, 6.07) is 1.95. The molecule has 1 atom stereocenters. The van der Waals surface area contributed by atoms with Crippen LogP contribution >= 0.6 is 11.3 Å². The predicted octanol–water partition coefficient (Wildman–Crippen LogP) is 4.18. The number of carbonyl (C=O) groups is 1. The van der Waals surface area contributed by atoms with Gasteiger partial charge in [0, 0.05) is 37.0 Å². The molecule has 3 fully saturated rings. The lowest BCUT2D eigenvalue weighted by Gasteiger charge is -2.37. The summed E-state index contributed by atoms with van der Waals surface area (Å²) in [4.78, 5) is 21.2. The summed E-state index contributed by atoms with van der Waals surface area (Å²) in [6.07, 6.45) is 9.22. The number of rotatable bonds is 6. The average molecular weight is 493 g/mol. The molecule has 5 rings (SSSR count). The minimum atomic E-state index is -3.71. The lowest BCUT2D eigenvalue weighted by Crippen LogP contribution is -2.48. The lowest BCUT2D eigenvalue weighted by atomic mass is 9.92. The number of hydrogen-bond acceptors (Lipinski definition) is 7. The summed E-state index contributed by atoms with van der Waals surface area (Å²) < 4.78 is 34.0. The first-order chi connectivity index (χ1) is 15.8. The van der Waals surface area contributed by atoms with Crippen molar-refractivity contribution < 1.29 is 17.7 Å². The van der Waals surface area contributed by atoms with Gasteiger partial charge in [-0.15, -0.1) is 11.3 Å². The van der Waals surface area contributed by atoms with E-state index in [1.54, 1.807) is 6.07 Å². The standard InChI is InChI=1S/C23H32N4O4S2/c1-15-20(13-19(32-15)21-24-22(31-25-21)16-10-11-16)33(29,30)27-12-6-7-17(14-27)23(28)26(2)18-8-4-3-5-9-18/h13,16-18H,3-12,14H2,1-2H3/t17-/m1/s1. The Bertz CT molecular complexity index is 1120. The molecule has 0 bridgehead atoms. The van der Waals surface area contributed by atoms with E-state index in [0.29, 0.717) is 40.4 Å². The molecule has 1 aliphatic heterocycles. The largest absolute Gasteiger partial charge is 0.342 e. The number of carbonyl (C=O) groups excluding carboxylic acids is 1. The summed E-state index contributed by atoms with van der Waals surface area (Å²) in [5, 5.41) is 4.06. The van der Waals surface area contributed by atoms with Gasteiger partial charge in [-0.3, -0.25) is 4.79 Å². The Kier molecular flexibility index (Phi) is 6.35. The Morgan fingerprint density at radius 1 is 1.15 bits per heavy atom. The Morgan fingerprint density at radius 3 is 2.64 bits per heavy atom. The Labute approximate surface area is 199 Å². The summed E-state index contributed by atoms with van der Waals surface area (Å²) >= 11 is 1.37. The van der Waals surface area contributed by atoms with Crippen molar-refractivity contribution in [2.24, 2.45) is 5.92 Å². The van der Waals surface area contributed by atoms with Crippen LogP contribution in [0.3, 0.4) is 0 Å². The van der Waals surface area contributed by atoms with Crippen molar-refractivity contribution in [2.45, 2.75) is 81.6 Å². The fraction of sp³-hybridized carbons (Fsp3) is 0.696. The fourth-order valence-corrected chi connectivity index (χ4v) is 8.11. The number of nitrogens with zero attached hydrogens (tertiary/aromatic N) is 4. The van der Waals surface area contributed by atoms with Gasteiger partial charge in [-0.1, -0.05) is 24.4 Å². The van der Waals surface area contributed by atoms with Crippen molar-refractivity contribution in [1.29, 1.82) is 0 Å². The van der Waals surface area contributed by atoms with Crippen LogP contribution in [0.25, 0.3) is 10.7 Å². The molecule has 3 aliphatic rings. The van der Waals surface area contributed by atoms with Crippen molar-refractivity contribution in [3.63, 3.8) is 0 Å². The molecule has 0 radical (unpaired) electrons. The van der Waals surface area contributed by atoms with Crippen molar-refractivity contribution >= 4 is 27.3 Å². The highest BCUT2D eigenvalue weighted by Crippen LogP contribution is 2.41. The zero-order valence-electron chi connectivity index (χ0n) is 19.3. The monoisotopic (exact) mass is 492 g/mol. The Hall–Kier alpha value is -1.78. The second-order valence-electron chi connectivity index (χ2n) is 9.70. The number of thiophene rings is 1. The third-order valence-electron chi connectivity index (χ3n) is 7.28. The highest BCUT2D eigenvalue weighted by atomic mass is 32.2. The minimum Gasteiger partial charge on any atom is -0.342 e. The van der Waals surface area contributed by atoms with Crippen molar-refractivity contribution in [3.05, 3.63) is 16.8 Å². The lowest BCUT2D eigenvalue weighted by molar-refractivity contribution is -0.138. The summed E-state index contributed by atoms with van der Waals surface area (Å²) in [6.45, 7) is 2.50. The molecule has 2 aromatic rings. The number of hydrogen-bond donors (Lipinski definition) is 0. The number of amides is 1. The maximum atomic E-state index is 13.6. The number of aromatic nitrogens is 2. The predicted molar refractivity (Wildman–Crippen MR) is 125 cm³/mol. The topological polar surface area (TPSA) is 96.6 Å². The van der Waals surface area contributed by atoms with Gasteiger partial charge in [0.1, 0.15) is 0 Å². The molecule has 1 amide bonds. The van der Waals surface area contributed by atoms with Gasteiger partial charge < -0.3 is 9.42 Å². The van der Waals surface area contributed by atoms with E-state index in [4.69, 9.17) is 4.52 Å². The minimum absolute atomic E-state index is 0.0870. The molecule has 0 aromatic carbocycles. The van der Waals surface area contributed by atoms with E-state index in [-0.39, 0.29) is 29.3 Å². The molecule has 10 heteroatoms. The van der Waals surface area contributed by atoms with Crippen molar-refractivity contribution in [2.75, 3.05) is 20.1 Å². The maximum absolute atomic E-state index is 13.6. The molecule has 1 saturated heterocycles. The van der Waals surface area contributed by atoms with Crippen LogP contribution < -0.4 is 0 Å². The van der Waals surface area contributed by atoms with Crippen LogP contribution in [0, 0.1) is 12.8 Å². The molecular weight excluding hydrogens is 460 g/mol. The maximum Gasteiger partial charge on any atom is 0.244 e. The van der Waals surface area contributed by atoms with E-state index in [9.17, 15) is 13.2 Å². The van der Waals surface area contributed by atoms with Crippen molar-refractivity contribution in [3.8, 4) is 10.7 Å². The van der Waals surface area contributed by atoms with Gasteiger partial charge in [0.2, 0.25) is 27.6 Å². The fourth-order valence-electron chi connectivity index (χ4n) is 5.10. The van der Waals surface area contributed by atoms with Gasteiger partial charge in [-0.2, -0.15) is 9.29 Å². The Morgan fingerprint density at radius 2 is 1.91 bits per heavy atom. The van der Waals surface area contributed by atoms with Crippen LogP contribution in [0.5, 0.6) is 0 Å². The molecule has 8 nitrogen and oxygen atoms in total. The van der Waals surface area contributed by atoms with Gasteiger partial charge in [0.15, 0.2) is 0 Å². The first-order valence-electron chi connectivity index (χ1n) is 12.1. The first kappa shape index (κ1) is 23.0. The van der Waals surface area contributed by atoms with Crippen LogP contribution in [-0.4, -0.2) is 59.8 Å². The van der Waals surface area contributed by atoms with Crippen LogP contribution in [0.4, 0.5) is 0 Å². The van der Waals surface area contributed by atoms with Crippen LogP contribution in [0.15, 0.2) is 15.5 Å². The molecule has 0 unspecified atom stereocenters. The highest BCUT2D eigenvalue weighted by molar-refractivity contribution is 7.89. The van der Waals surface area contributed by atoms with E-state index in [1.165, 1.54) is 22.1 Å². The van der Waals surface area contributed by atoms with Crippen molar-refractivity contribution in [1.82, 2.24) is 19.3 Å². The zero-order chi connectivity index (χ0) is 23.2. The van der Waals surface area contributed by atoms with Crippen LogP contribution in [-0.2, 0) is 14.8 Å². The molecule has 3 heterocycles. The van der Waals surface area contributed by atoms with Gasteiger partial charge in [0.05, 0.1) is 15.7 Å². The van der Waals surface area contributed by atoms with Crippen LogP contribution in [0.2, 0.25) is 0 Å². The Balaban J connectivity index is 1.31. The van der Waals surface area contributed by atoms with E-state index in [1.807, 2.05) is 18.9 Å². The van der Waals surface area contributed by atoms with Gasteiger partial charge in [-0.25, -0.2) is 8.42 Å². The number of sulfonamides is 1. The highest BCUT2D eigenvalue weighted by Gasteiger charge is 2.37. The number of aryl methyl sites for hydroxylation is 1. The second kappa shape index (κ2) is 9.11. The number of piperidine rings is 1. The SMILES string of the molecule is Cc1sc(-c2noc(C3CC3)n2)cc1S(=O)(=O)N1CCC[C@@H](C(=O)N(C)C2CCCCC2)C1. The quantitative estimate of drug-likeness (QED) is 0.600. The van der Waals surface area contributed by atoms with Gasteiger partial charge in [-0.05, 0) is 51.5 Å². The second-order valence-corrected chi connectivity index (χ2v) is 12.9. The molecule has 33 heavy (non-hydrogen) atoms. The first-order valence-corrected chi connectivity index (χ1v) is 14.3. The molecule has 0 spiro atoms. The normalized spacial score (nSPS) is 23.0. The van der Waals surface area contributed by atoms with E-state index in [0.717, 1.165) is 44.9 Å². The molecule has 2 saturated carbocycles. The summed E-state index contributed by atoms with van der Waals surface area (Å²) in [7, 11) is -1.82. The third-order valence-corrected chi connectivity index (χ3v) is 10.4. The third kappa shape index (κ3) is 4.61. The van der Waals surface area contributed by atoms with E-state index < -0.39 is 10.0 Å². The van der Waals surface area contributed by atoms with Crippen LogP contribution in [0.1, 0.15) is 74.5 Å². The van der Waals surface area contributed by atoms with E-state index >= 15 is 0 Å². The average Bonchev–Trinajstić information content (AvgIpc) is 3.43. The molecule has 2 aliphatic carbocycles. The zero-order valence-corrected chi connectivity index (χ0v) is 21.0. The van der Waals surface area contributed by atoms with Gasteiger partial charge >= 0.3 is 0 Å². The van der Waals surface area contributed by atoms with Gasteiger partial charge in [0.25, 0.3) is 0 Å². The molecule has 2 aromatic heterocycles. The van der Waals surface area contributed by atoms with E-state index in [2.05, 4.69) is 10.1 Å². The summed E-state index contributed by atoms with van der Waals surface area (Å²) in [5.41, 5.74) is 0. The smallest absolute Gasteiger partial charge is 0.244 e. The molecular formula is C23H32N4O4S2.